The first-order chi connectivity index (χ1) is 12.2. The maximum absolute atomic E-state index is 12.7. The number of aryl methyl sites for hydroxylation is 2. The highest BCUT2D eigenvalue weighted by atomic mass is 35.5. The Morgan fingerprint density at radius 1 is 1.11 bits per heavy atom. The highest BCUT2D eigenvalue weighted by Gasteiger charge is 2.22. The van der Waals surface area contributed by atoms with Crippen molar-refractivity contribution in [2.24, 2.45) is 5.73 Å². The monoisotopic (exact) mass is 411 g/mol. The minimum absolute atomic E-state index is 0. The smallest absolute Gasteiger partial charge is 0.240 e. The van der Waals surface area contributed by atoms with Gasteiger partial charge in [-0.2, -0.15) is 0 Å². The van der Waals surface area contributed by atoms with Crippen LogP contribution in [0.2, 0.25) is 0 Å². The predicted molar refractivity (Wildman–Crippen MR) is 109 cm³/mol. The first-order valence-electron chi connectivity index (χ1n) is 8.38. The molecule has 0 saturated carbocycles. The van der Waals surface area contributed by atoms with Crippen LogP contribution in [-0.2, 0) is 14.8 Å². The van der Waals surface area contributed by atoms with Gasteiger partial charge < -0.3 is 11.1 Å². The number of halogens is 1. The van der Waals surface area contributed by atoms with Crippen molar-refractivity contribution >= 4 is 28.3 Å². The zero-order chi connectivity index (χ0) is 19.3. The number of amides is 1. The molecule has 0 aliphatic carbocycles. The number of hydrogen-bond donors (Lipinski definition) is 3. The number of carbonyl (C=O) groups excluding carboxylic acids is 1. The summed E-state index contributed by atoms with van der Waals surface area (Å²) in [6.45, 7) is 5.27. The van der Waals surface area contributed by atoms with E-state index in [1.54, 1.807) is 26.0 Å². The van der Waals surface area contributed by atoms with Crippen molar-refractivity contribution in [1.29, 1.82) is 0 Å². The number of nitrogens with one attached hydrogen (secondary N) is 2. The lowest BCUT2D eigenvalue weighted by atomic mass is 10.1. The Labute approximate surface area is 167 Å². The molecule has 4 N–H and O–H groups in total. The van der Waals surface area contributed by atoms with Crippen LogP contribution >= 0.6 is 12.4 Å². The van der Waals surface area contributed by atoms with E-state index >= 15 is 0 Å². The van der Waals surface area contributed by atoms with Crippen LogP contribution in [0.5, 0.6) is 0 Å². The number of rotatable bonds is 7. The third-order valence-electron chi connectivity index (χ3n) is 4.03. The molecular formula is C19H26ClN3O3S. The predicted octanol–water partition coefficient (Wildman–Crippen LogP) is 2.21. The Balaban J connectivity index is 0.00000364. The maximum atomic E-state index is 12.7. The second-order valence-electron chi connectivity index (χ2n) is 6.38. The first-order valence-corrected chi connectivity index (χ1v) is 9.87. The van der Waals surface area contributed by atoms with Gasteiger partial charge in [-0.15, -0.1) is 12.4 Å². The molecule has 148 valence electrons. The van der Waals surface area contributed by atoms with E-state index in [0.29, 0.717) is 5.56 Å². The van der Waals surface area contributed by atoms with Gasteiger partial charge in [-0.3, -0.25) is 4.79 Å². The van der Waals surface area contributed by atoms with Crippen LogP contribution < -0.4 is 15.8 Å². The zero-order valence-corrected chi connectivity index (χ0v) is 17.2. The van der Waals surface area contributed by atoms with Gasteiger partial charge in [-0.05, 0) is 38.0 Å². The molecule has 0 aliphatic heterocycles. The van der Waals surface area contributed by atoms with Crippen LogP contribution in [0.25, 0.3) is 0 Å². The third-order valence-corrected chi connectivity index (χ3v) is 5.61. The van der Waals surface area contributed by atoms with Crippen LogP contribution in [-0.4, -0.2) is 26.9 Å². The first kappa shape index (κ1) is 23.1. The summed E-state index contributed by atoms with van der Waals surface area (Å²) in [5.41, 5.74) is 8.08. The van der Waals surface area contributed by atoms with Gasteiger partial charge in [0, 0.05) is 6.54 Å². The van der Waals surface area contributed by atoms with Crippen molar-refractivity contribution in [3.05, 3.63) is 65.2 Å². The lowest BCUT2D eigenvalue weighted by Crippen LogP contribution is -2.44. The molecule has 0 spiro atoms. The van der Waals surface area contributed by atoms with Crippen LogP contribution in [0.15, 0.2) is 53.4 Å². The molecule has 2 rings (SSSR count). The van der Waals surface area contributed by atoms with E-state index in [4.69, 9.17) is 5.73 Å². The van der Waals surface area contributed by atoms with Gasteiger partial charge in [0.25, 0.3) is 0 Å². The van der Waals surface area contributed by atoms with Gasteiger partial charge in [0.05, 0.1) is 17.0 Å². The molecule has 1 amide bonds. The topological polar surface area (TPSA) is 101 Å². The molecule has 6 nitrogen and oxygen atoms in total. The van der Waals surface area contributed by atoms with Crippen LogP contribution in [0, 0.1) is 13.8 Å². The van der Waals surface area contributed by atoms with Crippen molar-refractivity contribution in [3.8, 4) is 0 Å². The second kappa shape index (κ2) is 9.85. The van der Waals surface area contributed by atoms with Gasteiger partial charge in [0.15, 0.2) is 0 Å². The molecule has 2 atom stereocenters. The van der Waals surface area contributed by atoms with Crippen molar-refractivity contribution in [2.75, 3.05) is 6.54 Å². The molecule has 1 unspecified atom stereocenters. The normalized spacial score (nSPS) is 13.3. The zero-order valence-electron chi connectivity index (χ0n) is 15.6. The SMILES string of the molecule is Cc1ccc(S(=O)(=O)NCC(NC(=O)[C@@H](C)N)c2ccccc2)c(C)c1.Cl. The van der Waals surface area contributed by atoms with E-state index in [0.717, 1.165) is 11.1 Å². The summed E-state index contributed by atoms with van der Waals surface area (Å²) >= 11 is 0. The summed E-state index contributed by atoms with van der Waals surface area (Å²) in [4.78, 5) is 12.2. The van der Waals surface area contributed by atoms with E-state index in [1.807, 2.05) is 43.3 Å². The molecular weight excluding hydrogens is 386 g/mol. The Hall–Kier alpha value is -1.93. The minimum Gasteiger partial charge on any atom is -0.347 e. The number of benzene rings is 2. The summed E-state index contributed by atoms with van der Waals surface area (Å²) in [5, 5.41) is 2.79. The summed E-state index contributed by atoms with van der Waals surface area (Å²) < 4.78 is 27.9. The third kappa shape index (κ3) is 6.32. The van der Waals surface area contributed by atoms with Crippen LogP contribution in [0.3, 0.4) is 0 Å². The average Bonchev–Trinajstić information content (AvgIpc) is 2.58. The van der Waals surface area contributed by atoms with E-state index in [2.05, 4.69) is 10.0 Å². The second-order valence-corrected chi connectivity index (χ2v) is 8.12. The largest absolute Gasteiger partial charge is 0.347 e. The van der Waals surface area contributed by atoms with Gasteiger partial charge in [-0.25, -0.2) is 13.1 Å². The summed E-state index contributed by atoms with van der Waals surface area (Å²) in [5.74, 6) is -0.343. The molecule has 0 aliphatic rings. The molecule has 0 aromatic heterocycles. The van der Waals surface area contributed by atoms with Gasteiger partial charge >= 0.3 is 0 Å². The number of hydrogen-bond acceptors (Lipinski definition) is 4. The summed E-state index contributed by atoms with van der Waals surface area (Å²) in [6.07, 6.45) is 0. The molecule has 0 fully saturated rings. The highest BCUT2D eigenvalue weighted by Crippen LogP contribution is 2.18. The highest BCUT2D eigenvalue weighted by molar-refractivity contribution is 7.89. The van der Waals surface area contributed by atoms with Gasteiger partial charge in [0.1, 0.15) is 0 Å². The van der Waals surface area contributed by atoms with E-state index in [9.17, 15) is 13.2 Å². The molecule has 27 heavy (non-hydrogen) atoms. The molecule has 8 heteroatoms. The minimum atomic E-state index is -3.70. The van der Waals surface area contributed by atoms with Crippen molar-refractivity contribution in [3.63, 3.8) is 0 Å². The molecule has 2 aromatic carbocycles. The average molecular weight is 412 g/mol. The fourth-order valence-corrected chi connectivity index (χ4v) is 3.88. The molecule has 0 saturated heterocycles. The van der Waals surface area contributed by atoms with E-state index in [1.165, 1.54) is 0 Å². The Bertz CT molecular complexity index is 871. The van der Waals surface area contributed by atoms with Crippen LogP contribution in [0.1, 0.15) is 29.7 Å². The van der Waals surface area contributed by atoms with Crippen molar-refractivity contribution < 1.29 is 13.2 Å². The van der Waals surface area contributed by atoms with Gasteiger partial charge in [0.2, 0.25) is 15.9 Å². The number of nitrogens with two attached hydrogens (primary N) is 1. The molecule has 0 radical (unpaired) electrons. The fraction of sp³-hybridized carbons (Fsp3) is 0.316. The van der Waals surface area contributed by atoms with E-state index in [-0.39, 0.29) is 29.8 Å². The van der Waals surface area contributed by atoms with Crippen LogP contribution in [0.4, 0.5) is 0 Å². The molecule has 2 aromatic rings. The quantitative estimate of drug-likeness (QED) is 0.650. The summed E-state index contributed by atoms with van der Waals surface area (Å²) in [7, 11) is -3.70. The number of sulfonamides is 1. The Morgan fingerprint density at radius 2 is 1.74 bits per heavy atom. The Kier molecular flexibility index (Phi) is 8.43. The molecule has 0 heterocycles. The fourth-order valence-electron chi connectivity index (χ4n) is 2.61. The summed E-state index contributed by atoms with van der Waals surface area (Å²) in [6, 6.07) is 13.1. The standard InChI is InChI=1S/C19H25N3O3S.ClH/c1-13-9-10-18(14(2)11-13)26(24,25)21-12-17(22-19(23)15(3)20)16-7-5-4-6-8-16;/h4-11,15,17,21H,12,20H2,1-3H3,(H,22,23);1H/t15-,17?;/m1./s1. The number of carbonyl (C=O) groups is 1. The maximum Gasteiger partial charge on any atom is 0.240 e. The van der Waals surface area contributed by atoms with Crippen molar-refractivity contribution in [1.82, 2.24) is 10.0 Å². The van der Waals surface area contributed by atoms with Gasteiger partial charge in [-0.1, -0.05) is 48.0 Å². The molecule has 0 bridgehead atoms. The van der Waals surface area contributed by atoms with E-state index < -0.39 is 22.1 Å². The van der Waals surface area contributed by atoms with Crippen molar-refractivity contribution in [2.45, 2.75) is 37.8 Å². The Morgan fingerprint density at radius 3 is 2.30 bits per heavy atom. The lowest BCUT2D eigenvalue weighted by Gasteiger charge is -2.21. The lowest BCUT2D eigenvalue weighted by molar-refractivity contribution is -0.122.